The number of aliphatic hydroxyl groups is 2. The van der Waals surface area contributed by atoms with E-state index >= 15 is 0 Å². The molecule has 3 aliphatic carbocycles. The summed E-state index contributed by atoms with van der Waals surface area (Å²) in [6.45, 7) is 8.71. The number of hydrogen-bond donors (Lipinski definition) is 2. The summed E-state index contributed by atoms with van der Waals surface area (Å²) < 4.78 is 5.48. The summed E-state index contributed by atoms with van der Waals surface area (Å²) in [5, 5.41) is 19.7. The lowest BCUT2D eigenvalue weighted by molar-refractivity contribution is -0.153. The largest absolute Gasteiger partial charge is 0.465 e. The highest BCUT2D eigenvalue weighted by molar-refractivity contribution is 5.65. The number of fused-ring (bicyclic) bond motifs is 3. The third-order valence-corrected chi connectivity index (χ3v) is 8.09. The molecule has 3 rings (SSSR count). The molecule has 4 nitrogen and oxygen atoms in total. The molecule has 6 atom stereocenters. The minimum atomic E-state index is -0.679. The summed E-state index contributed by atoms with van der Waals surface area (Å²) in [6.07, 6.45) is 9.36. The summed E-state index contributed by atoms with van der Waals surface area (Å²) in [7, 11) is 0. The predicted molar refractivity (Wildman–Crippen MR) is 101 cm³/mol. The predicted octanol–water partition coefficient (Wildman–Crippen LogP) is 3.85. The van der Waals surface area contributed by atoms with E-state index < -0.39 is 6.10 Å². The van der Waals surface area contributed by atoms with Crippen molar-refractivity contribution in [3.8, 4) is 0 Å². The lowest BCUT2D eigenvalue weighted by Gasteiger charge is -2.60. The first-order valence-electron chi connectivity index (χ1n) is 10.3. The van der Waals surface area contributed by atoms with Crippen molar-refractivity contribution in [1.29, 1.82) is 0 Å². The van der Waals surface area contributed by atoms with Crippen molar-refractivity contribution in [1.82, 2.24) is 0 Å². The summed E-state index contributed by atoms with van der Waals surface area (Å²) >= 11 is 0. The van der Waals surface area contributed by atoms with E-state index in [2.05, 4.69) is 26.8 Å². The number of aliphatic hydroxyl groups excluding tert-OH is 2. The van der Waals surface area contributed by atoms with Crippen molar-refractivity contribution in [2.75, 3.05) is 13.2 Å². The van der Waals surface area contributed by atoms with Gasteiger partial charge in [-0.15, -0.1) is 0 Å². The molecule has 0 heterocycles. The molecule has 0 amide bonds. The Morgan fingerprint density at radius 3 is 2.65 bits per heavy atom. The topological polar surface area (TPSA) is 66.8 Å². The van der Waals surface area contributed by atoms with E-state index in [0.29, 0.717) is 18.4 Å². The van der Waals surface area contributed by atoms with Gasteiger partial charge in [-0.2, -0.15) is 0 Å². The number of ether oxygens (including phenoxy) is 1. The highest BCUT2D eigenvalue weighted by atomic mass is 16.5. The number of esters is 1. The van der Waals surface area contributed by atoms with E-state index in [1.807, 2.05) is 0 Å². The Hall–Kier alpha value is -0.870. The van der Waals surface area contributed by atoms with Crippen molar-refractivity contribution < 1.29 is 19.7 Å². The molecule has 2 N–H and O–H groups in total. The van der Waals surface area contributed by atoms with E-state index in [4.69, 9.17) is 4.74 Å². The van der Waals surface area contributed by atoms with Gasteiger partial charge in [0.05, 0.1) is 19.3 Å². The fourth-order valence-electron chi connectivity index (χ4n) is 6.57. The Kier molecular flexibility index (Phi) is 5.31. The third kappa shape index (κ3) is 3.24. The molecule has 26 heavy (non-hydrogen) atoms. The highest BCUT2D eigenvalue weighted by Crippen LogP contribution is 2.64. The van der Waals surface area contributed by atoms with Gasteiger partial charge in [0.15, 0.2) is 0 Å². The third-order valence-electron chi connectivity index (χ3n) is 8.09. The normalized spacial score (nSPS) is 43.7. The lowest BCUT2D eigenvalue weighted by Crippen LogP contribution is -2.53. The fraction of sp³-hybridized carbons (Fsp3) is 0.864. The first-order valence-corrected chi connectivity index (χ1v) is 10.3. The van der Waals surface area contributed by atoms with Gasteiger partial charge in [0.25, 0.3) is 0 Å². The Labute approximate surface area is 158 Å². The van der Waals surface area contributed by atoms with Crippen LogP contribution in [0.1, 0.15) is 72.6 Å². The zero-order valence-corrected chi connectivity index (χ0v) is 16.9. The molecular formula is C22H36O4. The Balaban J connectivity index is 1.87. The molecule has 0 bridgehead atoms. The molecular weight excluding hydrogens is 328 g/mol. The zero-order valence-electron chi connectivity index (χ0n) is 16.9. The molecule has 2 fully saturated rings. The second-order valence-corrected chi connectivity index (χ2v) is 9.90. The van der Waals surface area contributed by atoms with Gasteiger partial charge in [-0.25, -0.2) is 0 Å². The Morgan fingerprint density at radius 1 is 1.27 bits per heavy atom. The van der Waals surface area contributed by atoms with Crippen LogP contribution in [0.5, 0.6) is 0 Å². The van der Waals surface area contributed by atoms with Crippen LogP contribution in [0, 0.1) is 28.1 Å². The van der Waals surface area contributed by atoms with Crippen LogP contribution in [-0.2, 0) is 9.53 Å². The molecule has 0 spiro atoms. The van der Waals surface area contributed by atoms with Crippen LogP contribution in [-0.4, -0.2) is 35.5 Å². The molecule has 148 valence electrons. The van der Waals surface area contributed by atoms with Crippen LogP contribution in [0.15, 0.2) is 11.6 Å². The number of rotatable bonds is 4. The van der Waals surface area contributed by atoms with E-state index in [1.165, 1.54) is 25.3 Å². The van der Waals surface area contributed by atoms with Gasteiger partial charge in [-0.05, 0) is 55.8 Å². The summed E-state index contributed by atoms with van der Waals surface area (Å²) in [5.41, 5.74) is 1.49. The van der Waals surface area contributed by atoms with Crippen LogP contribution in [0.4, 0.5) is 0 Å². The number of carbonyl (C=O) groups excluding carboxylic acids is 1. The van der Waals surface area contributed by atoms with Crippen molar-refractivity contribution in [2.45, 2.75) is 78.7 Å². The van der Waals surface area contributed by atoms with Crippen molar-refractivity contribution in [2.24, 2.45) is 28.1 Å². The average Bonchev–Trinajstić information content (AvgIpc) is 2.58. The minimum absolute atomic E-state index is 0.0650. The van der Waals surface area contributed by atoms with Crippen LogP contribution >= 0.6 is 0 Å². The van der Waals surface area contributed by atoms with E-state index in [1.54, 1.807) is 0 Å². The molecule has 0 aromatic carbocycles. The van der Waals surface area contributed by atoms with Gasteiger partial charge in [-0.1, -0.05) is 38.8 Å². The molecule has 0 aromatic rings. The van der Waals surface area contributed by atoms with E-state index in [0.717, 1.165) is 32.1 Å². The first-order chi connectivity index (χ1) is 12.1. The monoisotopic (exact) mass is 364 g/mol. The van der Waals surface area contributed by atoms with Gasteiger partial charge < -0.3 is 14.9 Å². The lowest BCUT2D eigenvalue weighted by atomic mass is 9.45. The molecule has 2 saturated carbocycles. The minimum Gasteiger partial charge on any atom is -0.465 e. The maximum atomic E-state index is 11.4. The van der Waals surface area contributed by atoms with Gasteiger partial charge in [-0.3, -0.25) is 4.79 Å². The quantitative estimate of drug-likeness (QED) is 0.587. The van der Waals surface area contributed by atoms with Gasteiger partial charge in [0.1, 0.15) is 0 Å². The SMILES string of the molecule is CC(=O)OC[C@@]1(C)CCC[C@@]2(C)[C@@H]3CC[C@](C)([C@@H](O)CO)C=C3CC[C@H]12. The van der Waals surface area contributed by atoms with Crippen LogP contribution in [0.3, 0.4) is 0 Å². The average molecular weight is 365 g/mol. The Morgan fingerprint density at radius 2 is 2.00 bits per heavy atom. The highest BCUT2D eigenvalue weighted by Gasteiger charge is 2.56. The second kappa shape index (κ2) is 6.94. The zero-order chi connectivity index (χ0) is 19.2. The van der Waals surface area contributed by atoms with Crippen LogP contribution in [0.25, 0.3) is 0 Å². The summed E-state index contributed by atoms with van der Waals surface area (Å²) in [4.78, 5) is 11.4. The smallest absolute Gasteiger partial charge is 0.302 e. The molecule has 4 heteroatoms. The maximum absolute atomic E-state index is 11.4. The van der Waals surface area contributed by atoms with E-state index in [9.17, 15) is 15.0 Å². The first kappa shape index (κ1) is 19.9. The van der Waals surface area contributed by atoms with Crippen LogP contribution in [0.2, 0.25) is 0 Å². The molecule has 0 aromatic heterocycles. The molecule has 3 aliphatic rings. The molecule has 0 unspecified atom stereocenters. The van der Waals surface area contributed by atoms with Gasteiger partial charge in [0.2, 0.25) is 0 Å². The van der Waals surface area contributed by atoms with Crippen molar-refractivity contribution in [3.05, 3.63) is 11.6 Å². The molecule has 0 saturated heterocycles. The number of carbonyl (C=O) groups is 1. The summed E-state index contributed by atoms with van der Waals surface area (Å²) in [6, 6.07) is 0. The van der Waals surface area contributed by atoms with Crippen LogP contribution < -0.4 is 0 Å². The fourth-order valence-corrected chi connectivity index (χ4v) is 6.57. The Bertz CT molecular complexity index is 585. The van der Waals surface area contributed by atoms with E-state index in [-0.39, 0.29) is 28.8 Å². The van der Waals surface area contributed by atoms with Crippen molar-refractivity contribution in [3.63, 3.8) is 0 Å². The number of allylic oxidation sites excluding steroid dienone is 1. The van der Waals surface area contributed by atoms with Gasteiger partial charge >= 0.3 is 5.97 Å². The van der Waals surface area contributed by atoms with Crippen molar-refractivity contribution >= 4 is 5.97 Å². The molecule has 0 radical (unpaired) electrons. The number of hydrogen-bond acceptors (Lipinski definition) is 4. The molecule has 0 aliphatic heterocycles. The van der Waals surface area contributed by atoms with Gasteiger partial charge in [0, 0.05) is 17.8 Å². The second-order valence-electron chi connectivity index (χ2n) is 9.90. The standard InChI is InChI=1S/C22H36O4/c1-15(24)26-14-21(3)9-5-10-22(4)17-8-11-20(2,19(25)13-23)12-16(17)6-7-18(21)22/h12,17-19,23,25H,5-11,13-14H2,1-4H3/t17-,18-,19+,20+,21-,22+/m1/s1. The summed E-state index contributed by atoms with van der Waals surface area (Å²) in [5.74, 6) is 0.941. The maximum Gasteiger partial charge on any atom is 0.302 e.